The molecule has 1 aliphatic rings. The van der Waals surface area contributed by atoms with E-state index in [2.05, 4.69) is 18.2 Å². The second-order valence-corrected chi connectivity index (χ2v) is 5.79. The van der Waals surface area contributed by atoms with Crippen LogP contribution in [0.2, 0.25) is 0 Å². The Labute approximate surface area is 128 Å². The summed E-state index contributed by atoms with van der Waals surface area (Å²) in [7, 11) is 0. The fraction of sp³-hybridized carbons (Fsp3) is 0.375. The Bertz CT molecular complexity index is 745. The molecule has 110 valence electrons. The van der Waals surface area contributed by atoms with Gasteiger partial charge in [-0.15, -0.1) is 0 Å². The van der Waals surface area contributed by atoms with Gasteiger partial charge in [-0.05, 0) is 49.5 Å². The van der Waals surface area contributed by atoms with Gasteiger partial charge < -0.3 is 14.2 Å². The highest BCUT2D eigenvalue weighted by molar-refractivity contribution is 7.71. The number of carbonyl (C=O) groups is 1. The van der Waals surface area contributed by atoms with E-state index >= 15 is 0 Å². The number of nitrogens with zero attached hydrogens (tertiary/aromatic N) is 2. The third-order valence-electron chi connectivity index (χ3n) is 4.24. The van der Waals surface area contributed by atoms with Crippen LogP contribution in [0.1, 0.15) is 41.0 Å². The number of carboxylic acids is 1. The van der Waals surface area contributed by atoms with Gasteiger partial charge in [0.2, 0.25) is 0 Å². The van der Waals surface area contributed by atoms with Gasteiger partial charge in [0, 0.05) is 18.8 Å². The molecule has 0 amide bonds. The lowest BCUT2D eigenvalue weighted by atomic mass is 9.88. The SMILES string of the molecule is CCn1cc(C(=O)O)n(C2CCc3ccccc3C2)c1=S. The monoisotopic (exact) mass is 302 g/mol. The number of aryl methyl sites for hydroxylation is 2. The highest BCUT2D eigenvalue weighted by Gasteiger charge is 2.25. The van der Waals surface area contributed by atoms with Crippen molar-refractivity contribution in [3.63, 3.8) is 0 Å². The summed E-state index contributed by atoms with van der Waals surface area (Å²) in [6.07, 6.45) is 4.40. The minimum Gasteiger partial charge on any atom is -0.477 e. The lowest BCUT2D eigenvalue weighted by Crippen LogP contribution is -2.22. The smallest absolute Gasteiger partial charge is 0.354 e. The minimum atomic E-state index is -0.910. The van der Waals surface area contributed by atoms with Crippen LogP contribution in [0.4, 0.5) is 0 Å². The number of hydrogen-bond donors (Lipinski definition) is 1. The molecule has 1 atom stereocenters. The van der Waals surface area contributed by atoms with Crippen LogP contribution >= 0.6 is 12.2 Å². The molecule has 4 nitrogen and oxygen atoms in total. The van der Waals surface area contributed by atoms with E-state index in [1.165, 1.54) is 11.1 Å². The third-order valence-corrected chi connectivity index (χ3v) is 4.67. The molecule has 1 unspecified atom stereocenters. The van der Waals surface area contributed by atoms with E-state index in [0.29, 0.717) is 17.0 Å². The van der Waals surface area contributed by atoms with E-state index in [9.17, 15) is 9.90 Å². The Kier molecular flexibility index (Phi) is 3.68. The number of aromatic nitrogens is 2. The van der Waals surface area contributed by atoms with Crippen LogP contribution in [0.25, 0.3) is 0 Å². The molecule has 2 aromatic rings. The largest absolute Gasteiger partial charge is 0.477 e. The first-order chi connectivity index (χ1) is 10.1. The van der Waals surface area contributed by atoms with Gasteiger partial charge in [0.05, 0.1) is 0 Å². The quantitative estimate of drug-likeness (QED) is 0.883. The van der Waals surface area contributed by atoms with Crippen LogP contribution in [0.5, 0.6) is 0 Å². The topological polar surface area (TPSA) is 47.2 Å². The van der Waals surface area contributed by atoms with Crippen molar-refractivity contribution in [2.75, 3.05) is 0 Å². The predicted molar refractivity (Wildman–Crippen MR) is 83.4 cm³/mol. The number of benzene rings is 1. The molecule has 0 aliphatic heterocycles. The molecular weight excluding hydrogens is 284 g/mol. The fourth-order valence-corrected chi connectivity index (χ4v) is 3.57. The molecule has 0 saturated carbocycles. The van der Waals surface area contributed by atoms with Crippen molar-refractivity contribution in [1.82, 2.24) is 9.13 Å². The first-order valence-electron chi connectivity index (χ1n) is 7.23. The maximum Gasteiger partial charge on any atom is 0.354 e. The predicted octanol–water partition coefficient (Wildman–Crippen LogP) is 3.47. The van der Waals surface area contributed by atoms with Gasteiger partial charge in [0.1, 0.15) is 5.69 Å². The zero-order valence-corrected chi connectivity index (χ0v) is 12.8. The van der Waals surface area contributed by atoms with Crippen molar-refractivity contribution < 1.29 is 9.90 Å². The zero-order valence-electron chi connectivity index (χ0n) is 12.0. The van der Waals surface area contributed by atoms with Crippen molar-refractivity contribution in [3.05, 3.63) is 52.1 Å². The highest BCUT2D eigenvalue weighted by Crippen LogP contribution is 2.30. The summed E-state index contributed by atoms with van der Waals surface area (Å²) in [5, 5.41) is 9.44. The van der Waals surface area contributed by atoms with Crippen molar-refractivity contribution in [2.24, 2.45) is 0 Å². The molecule has 0 bridgehead atoms. The summed E-state index contributed by atoms with van der Waals surface area (Å²) < 4.78 is 4.27. The van der Waals surface area contributed by atoms with Gasteiger partial charge in [0.25, 0.3) is 0 Å². The molecule has 0 spiro atoms. The summed E-state index contributed by atoms with van der Waals surface area (Å²) in [6, 6.07) is 8.51. The van der Waals surface area contributed by atoms with Crippen LogP contribution in [0.15, 0.2) is 30.5 Å². The van der Waals surface area contributed by atoms with E-state index < -0.39 is 5.97 Å². The number of hydrogen-bond acceptors (Lipinski definition) is 2. The van der Waals surface area contributed by atoms with Crippen LogP contribution in [0, 0.1) is 4.77 Å². The second-order valence-electron chi connectivity index (χ2n) is 5.42. The first kappa shape index (κ1) is 14.1. The zero-order chi connectivity index (χ0) is 15.0. The third kappa shape index (κ3) is 2.42. The second kappa shape index (κ2) is 5.48. The van der Waals surface area contributed by atoms with Gasteiger partial charge in [-0.2, -0.15) is 0 Å². The average Bonchev–Trinajstić information content (AvgIpc) is 2.83. The van der Waals surface area contributed by atoms with Crippen molar-refractivity contribution >= 4 is 18.2 Å². The lowest BCUT2D eigenvalue weighted by Gasteiger charge is -2.26. The molecule has 0 radical (unpaired) electrons. The molecule has 1 aromatic carbocycles. The van der Waals surface area contributed by atoms with Gasteiger partial charge in [-0.25, -0.2) is 4.79 Å². The van der Waals surface area contributed by atoms with E-state index in [1.807, 2.05) is 22.1 Å². The van der Waals surface area contributed by atoms with Gasteiger partial charge in [-0.1, -0.05) is 24.3 Å². The maximum absolute atomic E-state index is 11.5. The highest BCUT2D eigenvalue weighted by atomic mass is 32.1. The summed E-state index contributed by atoms with van der Waals surface area (Å²) in [4.78, 5) is 11.5. The molecule has 1 aromatic heterocycles. The molecule has 1 N–H and O–H groups in total. The lowest BCUT2D eigenvalue weighted by molar-refractivity contribution is 0.0681. The fourth-order valence-electron chi connectivity index (χ4n) is 3.14. The number of rotatable bonds is 3. The van der Waals surface area contributed by atoms with Crippen molar-refractivity contribution in [3.8, 4) is 0 Å². The van der Waals surface area contributed by atoms with Crippen LogP contribution in [-0.4, -0.2) is 20.2 Å². The average molecular weight is 302 g/mol. The first-order valence-corrected chi connectivity index (χ1v) is 7.64. The van der Waals surface area contributed by atoms with E-state index in [1.54, 1.807) is 6.20 Å². The normalized spacial score (nSPS) is 17.5. The van der Waals surface area contributed by atoms with E-state index in [-0.39, 0.29) is 6.04 Å². The van der Waals surface area contributed by atoms with Crippen molar-refractivity contribution in [1.29, 1.82) is 0 Å². The Morgan fingerprint density at radius 2 is 2.10 bits per heavy atom. The summed E-state index contributed by atoms with van der Waals surface area (Å²) in [6.45, 7) is 2.66. The number of imidazole rings is 1. The summed E-state index contributed by atoms with van der Waals surface area (Å²) in [5.74, 6) is -0.910. The van der Waals surface area contributed by atoms with E-state index in [0.717, 1.165) is 19.3 Å². The Morgan fingerprint density at radius 1 is 1.38 bits per heavy atom. The molecule has 0 saturated heterocycles. The molecule has 21 heavy (non-hydrogen) atoms. The Morgan fingerprint density at radius 3 is 2.76 bits per heavy atom. The van der Waals surface area contributed by atoms with E-state index in [4.69, 9.17) is 12.2 Å². The standard InChI is InChI=1S/C16H18N2O2S/c1-2-17-10-14(15(19)20)18(16(17)21)13-8-7-11-5-3-4-6-12(11)9-13/h3-6,10,13H,2,7-9H2,1H3,(H,19,20). The molecule has 1 heterocycles. The molecule has 1 aliphatic carbocycles. The van der Waals surface area contributed by atoms with Crippen LogP contribution in [-0.2, 0) is 19.4 Å². The van der Waals surface area contributed by atoms with Gasteiger partial charge >= 0.3 is 5.97 Å². The van der Waals surface area contributed by atoms with Crippen molar-refractivity contribution in [2.45, 2.75) is 38.8 Å². The number of aromatic carboxylic acids is 1. The molecule has 0 fully saturated rings. The van der Waals surface area contributed by atoms with Crippen LogP contribution < -0.4 is 0 Å². The molecule has 5 heteroatoms. The maximum atomic E-state index is 11.5. The molecular formula is C16H18N2O2S. The van der Waals surface area contributed by atoms with Gasteiger partial charge in [-0.3, -0.25) is 0 Å². The van der Waals surface area contributed by atoms with Crippen LogP contribution in [0.3, 0.4) is 0 Å². The molecule has 3 rings (SSSR count). The Balaban J connectivity index is 2.04. The minimum absolute atomic E-state index is 0.131. The summed E-state index contributed by atoms with van der Waals surface area (Å²) >= 11 is 5.47. The number of fused-ring (bicyclic) bond motifs is 1. The van der Waals surface area contributed by atoms with Gasteiger partial charge in [0.15, 0.2) is 4.77 Å². The summed E-state index contributed by atoms with van der Waals surface area (Å²) in [5.41, 5.74) is 2.97. The Hall–Kier alpha value is -1.88. The number of carboxylic acid groups (broad SMARTS) is 1.